The third-order valence-electron chi connectivity index (χ3n) is 4.62. The Hall–Kier alpha value is -0.0800. The summed E-state index contributed by atoms with van der Waals surface area (Å²) in [6.07, 6.45) is 16.6. The van der Waals surface area contributed by atoms with Crippen LogP contribution in [0.1, 0.15) is 90.9 Å². The molecule has 0 bridgehead atoms. The predicted molar refractivity (Wildman–Crippen MR) is 102 cm³/mol. The Morgan fingerprint density at radius 3 is 0.955 bits per heavy atom. The Morgan fingerprint density at radius 1 is 0.409 bits per heavy atom. The summed E-state index contributed by atoms with van der Waals surface area (Å²) < 4.78 is 0. The zero-order valence-electron chi connectivity index (χ0n) is 16.2. The summed E-state index contributed by atoms with van der Waals surface area (Å²) in [7, 11) is 4.58. The van der Waals surface area contributed by atoms with Crippen molar-refractivity contribution in [2.75, 3.05) is 40.3 Å². The van der Waals surface area contributed by atoms with Crippen LogP contribution in [0.2, 0.25) is 0 Å². The summed E-state index contributed by atoms with van der Waals surface area (Å²) in [6, 6.07) is 0. The van der Waals surface area contributed by atoms with Gasteiger partial charge in [0.15, 0.2) is 0 Å². The summed E-state index contributed by atoms with van der Waals surface area (Å²) in [5.41, 5.74) is 0. The first-order chi connectivity index (χ1) is 10.7. The highest BCUT2D eigenvalue weighted by Gasteiger charge is 2.00. The first kappa shape index (κ1) is 21.9. The van der Waals surface area contributed by atoms with Crippen molar-refractivity contribution in [3.05, 3.63) is 0 Å². The standard InChI is InChI=1S/C20H44N2/c1-5-7-9-13-17-21(3)19-15-11-12-16-20-22(4)18-14-10-8-6-2/h5-20H2,1-4H3. The summed E-state index contributed by atoms with van der Waals surface area (Å²) in [4.78, 5) is 5.05. The van der Waals surface area contributed by atoms with Gasteiger partial charge in [-0.25, -0.2) is 0 Å². The SMILES string of the molecule is CCCCCCN(C)CCCCCCN(C)CCCCCC. The smallest absolute Gasteiger partial charge is 0.00218 e. The van der Waals surface area contributed by atoms with Gasteiger partial charge in [-0.15, -0.1) is 0 Å². The van der Waals surface area contributed by atoms with Gasteiger partial charge in [-0.1, -0.05) is 65.2 Å². The maximum Gasteiger partial charge on any atom is -0.00218 e. The molecule has 0 saturated carbocycles. The van der Waals surface area contributed by atoms with Crippen LogP contribution in [0, 0.1) is 0 Å². The molecule has 22 heavy (non-hydrogen) atoms. The van der Waals surface area contributed by atoms with Crippen molar-refractivity contribution in [3.8, 4) is 0 Å². The van der Waals surface area contributed by atoms with E-state index in [-0.39, 0.29) is 0 Å². The topological polar surface area (TPSA) is 6.48 Å². The van der Waals surface area contributed by atoms with Crippen molar-refractivity contribution < 1.29 is 0 Å². The van der Waals surface area contributed by atoms with Crippen molar-refractivity contribution >= 4 is 0 Å². The van der Waals surface area contributed by atoms with Gasteiger partial charge in [0.1, 0.15) is 0 Å². The number of hydrogen-bond acceptors (Lipinski definition) is 2. The second-order valence-electron chi connectivity index (χ2n) is 7.14. The fourth-order valence-corrected chi connectivity index (χ4v) is 2.96. The van der Waals surface area contributed by atoms with Crippen LogP contribution in [0.4, 0.5) is 0 Å². The van der Waals surface area contributed by atoms with E-state index in [4.69, 9.17) is 0 Å². The Labute approximate surface area is 141 Å². The van der Waals surface area contributed by atoms with E-state index in [1.807, 2.05) is 0 Å². The van der Waals surface area contributed by atoms with Crippen LogP contribution in [-0.4, -0.2) is 50.1 Å². The molecule has 2 nitrogen and oxygen atoms in total. The minimum atomic E-state index is 1.29. The molecule has 0 aliphatic carbocycles. The van der Waals surface area contributed by atoms with Gasteiger partial charge in [-0.05, 0) is 66.0 Å². The van der Waals surface area contributed by atoms with E-state index in [0.29, 0.717) is 0 Å². The van der Waals surface area contributed by atoms with Gasteiger partial charge in [0.2, 0.25) is 0 Å². The maximum absolute atomic E-state index is 2.52. The Bertz CT molecular complexity index is 184. The molecule has 0 aliphatic heterocycles. The highest BCUT2D eigenvalue weighted by molar-refractivity contribution is 4.56. The zero-order valence-corrected chi connectivity index (χ0v) is 16.2. The minimum Gasteiger partial charge on any atom is -0.306 e. The number of rotatable bonds is 17. The summed E-state index contributed by atoms with van der Waals surface area (Å²) >= 11 is 0. The van der Waals surface area contributed by atoms with Gasteiger partial charge in [-0.2, -0.15) is 0 Å². The molecule has 0 spiro atoms. The quantitative estimate of drug-likeness (QED) is 0.324. The van der Waals surface area contributed by atoms with Gasteiger partial charge in [0.25, 0.3) is 0 Å². The second-order valence-corrected chi connectivity index (χ2v) is 7.14. The molecule has 0 unspecified atom stereocenters. The van der Waals surface area contributed by atoms with Gasteiger partial charge < -0.3 is 9.80 Å². The monoisotopic (exact) mass is 312 g/mol. The highest BCUT2D eigenvalue weighted by Crippen LogP contribution is 2.05. The average Bonchev–Trinajstić information content (AvgIpc) is 2.51. The molecule has 0 aromatic rings. The van der Waals surface area contributed by atoms with Crippen molar-refractivity contribution in [2.45, 2.75) is 90.9 Å². The molecule has 0 amide bonds. The molecule has 0 N–H and O–H groups in total. The minimum absolute atomic E-state index is 1.29. The maximum atomic E-state index is 2.52. The van der Waals surface area contributed by atoms with Gasteiger partial charge in [0, 0.05) is 0 Å². The Kier molecular flexibility index (Phi) is 17.2. The van der Waals surface area contributed by atoms with Crippen LogP contribution in [0.25, 0.3) is 0 Å². The second kappa shape index (κ2) is 17.3. The first-order valence-electron chi connectivity index (χ1n) is 10.1. The fourth-order valence-electron chi connectivity index (χ4n) is 2.96. The molecule has 134 valence electrons. The van der Waals surface area contributed by atoms with Crippen LogP contribution >= 0.6 is 0 Å². The van der Waals surface area contributed by atoms with Gasteiger partial charge >= 0.3 is 0 Å². The van der Waals surface area contributed by atoms with E-state index in [0.717, 1.165) is 0 Å². The molecule has 0 aliphatic rings. The lowest BCUT2D eigenvalue weighted by Crippen LogP contribution is -2.22. The number of hydrogen-bond donors (Lipinski definition) is 0. The predicted octanol–water partition coefficient (Wildman–Crippen LogP) is 5.57. The van der Waals surface area contributed by atoms with Gasteiger partial charge in [-0.3, -0.25) is 0 Å². The lowest BCUT2D eigenvalue weighted by Gasteiger charge is -2.17. The molecule has 2 heteroatoms. The number of unbranched alkanes of at least 4 members (excludes halogenated alkanes) is 9. The van der Waals surface area contributed by atoms with E-state index in [2.05, 4.69) is 37.7 Å². The average molecular weight is 313 g/mol. The normalized spacial score (nSPS) is 11.7. The highest BCUT2D eigenvalue weighted by atomic mass is 15.1. The van der Waals surface area contributed by atoms with Gasteiger partial charge in [0.05, 0.1) is 0 Å². The van der Waals surface area contributed by atoms with Crippen LogP contribution in [0.3, 0.4) is 0 Å². The summed E-state index contributed by atoms with van der Waals surface area (Å²) in [5.74, 6) is 0. The molecule has 0 heterocycles. The fraction of sp³-hybridized carbons (Fsp3) is 1.00. The van der Waals surface area contributed by atoms with Crippen LogP contribution in [0.15, 0.2) is 0 Å². The largest absolute Gasteiger partial charge is 0.306 e. The molecule has 0 saturated heterocycles. The third kappa shape index (κ3) is 16.3. The molecule has 0 aromatic heterocycles. The molecule has 0 aromatic carbocycles. The van der Waals surface area contributed by atoms with Crippen LogP contribution < -0.4 is 0 Å². The molecule has 0 fully saturated rings. The van der Waals surface area contributed by atoms with Crippen LogP contribution in [-0.2, 0) is 0 Å². The summed E-state index contributed by atoms with van der Waals surface area (Å²) in [6.45, 7) is 9.73. The molecule has 0 radical (unpaired) electrons. The van der Waals surface area contributed by atoms with E-state index in [1.165, 1.54) is 103 Å². The van der Waals surface area contributed by atoms with E-state index in [9.17, 15) is 0 Å². The van der Waals surface area contributed by atoms with Crippen molar-refractivity contribution in [1.29, 1.82) is 0 Å². The Balaban J connectivity index is 3.24. The lowest BCUT2D eigenvalue weighted by molar-refractivity contribution is 0.301. The van der Waals surface area contributed by atoms with Crippen molar-refractivity contribution in [2.24, 2.45) is 0 Å². The van der Waals surface area contributed by atoms with E-state index < -0.39 is 0 Å². The third-order valence-corrected chi connectivity index (χ3v) is 4.62. The lowest BCUT2D eigenvalue weighted by atomic mass is 10.1. The van der Waals surface area contributed by atoms with Crippen molar-refractivity contribution in [3.63, 3.8) is 0 Å². The van der Waals surface area contributed by atoms with E-state index in [1.54, 1.807) is 0 Å². The molecule has 0 atom stereocenters. The Morgan fingerprint density at radius 2 is 0.682 bits per heavy atom. The molecule has 0 rings (SSSR count). The number of nitrogens with zero attached hydrogens (tertiary/aromatic N) is 2. The summed E-state index contributed by atoms with van der Waals surface area (Å²) in [5, 5.41) is 0. The zero-order chi connectivity index (χ0) is 16.5. The molecular weight excluding hydrogens is 268 g/mol. The van der Waals surface area contributed by atoms with Crippen molar-refractivity contribution in [1.82, 2.24) is 9.80 Å². The first-order valence-corrected chi connectivity index (χ1v) is 10.1. The van der Waals surface area contributed by atoms with E-state index >= 15 is 0 Å². The van der Waals surface area contributed by atoms with Crippen LogP contribution in [0.5, 0.6) is 0 Å². The molecular formula is C20H44N2.